The Morgan fingerprint density at radius 3 is 1.12 bits per heavy atom. The zero-order valence-electron chi connectivity index (χ0n) is 48.0. The highest BCUT2D eigenvalue weighted by molar-refractivity contribution is 6.25. The number of hydrogen-bond donors (Lipinski definition) is 7. The van der Waals surface area contributed by atoms with Gasteiger partial charge in [0.2, 0.25) is 0 Å². The van der Waals surface area contributed by atoms with Gasteiger partial charge in [-0.3, -0.25) is 9.59 Å². The normalized spacial score (nSPS) is 13.5. The SMILES string of the molecule is C=C1c2c(C)ccc(C)c2C(=O)c2c(NCC[N+](C)(CCF)CCF)ccc(NCC[N+](O)(CCF)CCF)c21.C=C1c2c(C)ccc(O)c2C(=O)c2c(NCC[N+](C)(CC(F)F)CC(F)F)ccc(NCC[N+](O)(CC(F)F)CC(F)F)c21. The lowest BCUT2D eigenvalue weighted by molar-refractivity contribution is -1.10. The van der Waals surface area contributed by atoms with E-state index in [9.17, 15) is 77.8 Å². The van der Waals surface area contributed by atoms with Gasteiger partial charge in [-0.25, -0.2) is 63.1 Å². The highest BCUT2D eigenvalue weighted by atomic mass is 19.3. The van der Waals surface area contributed by atoms with Crippen molar-refractivity contribution in [2.75, 3.05) is 167 Å². The van der Waals surface area contributed by atoms with E-state index in [4.69, 9.17) is 0 Å². The number of aryl methyl sites for hydroxylation is 3. The van der Waals surface area contributed by atoms with Gasteiger partial charge < -0.3 is 35.3 Å². The summed E-state index contributed by atoms with van der Waals surface area (Å²) < 4.78 is 154. The second-order valence-corrected chi connectivity index (χ2v) is 22.0. The van der Waals surface area contributed by atoms with Crippen LogP contribution in [0.15, 0.2) is 61.7 Å². The van der Waals surface area contributed by atoms with Gasteiger partial charge in [0.25, 0.3) is 25.7 Å². The summed E-state index contributed by atoms with van der Waals surface area (Å²) in [5.74, 6) is -1.11. The van der Waals surface area contributed by atoms with Gasteiger partial charge in [-0.1, -0.05) is 31.4 Å². The molecule has 25 heteroatoms. The van der Waals surface area contributed by atoms with E-state index in [0.29, 0.717) is 57.9 Å². The molecule has 0 radical (unpaired) electrons. The number of carbonyl (C=O) groups is 2. The molecule has 2 aliphatic carbocycles. The minimum absolute atomic E-state index is 0.00948. The van der Waals surface area contributed by atoms with Crippen molar-refractivity contribution in [1.29, 1.82) is 0 Å². The van der Waals surface area contributed by atoms with E-state index in [1.54, 1.807) is 19.1 Å². The minimum Gasteiger partial charge on any atom is -0.507 e. The molecule has 4 aromatic rings. The molecule has 6 rings (SSSR count). The molecule has 0 amide bonds. The number of fused-ring (bicyclic) bond motifs is 4. The van der Waals surface area contributed by atoms with Crippen LogP contribution >= 0.6 is 0 Å². The predicted octanol–water partition coefficient (Wildman–Crippen LogP) is 11.1. The number of ketones is 2. The number of likely N-dealkylation sites (N-methyl/N-ethyl adjacent to an activating group) is 2. The van der Waals surface area contributed by atoms with Gasteiger partial charge in [-0.2, -0.15) is 9.29 Å². The molecule has 0 unspecified atom stereocenters. The summed E-state index contributed by atoms with van der Waals surface area (Å²) in [5.41, 5.74) is 7.90. The van der Waals surface area contributed by atoms with Crippen molar-refractivity contribution in [3.8, 4) is 5.75 Å². The van der Waals surface area contributed by atoms with Crippen molar-refractivity contribution in [3.63, 3.8) is 0 Å². The second-order valence-electron chi connectivity index (χ2n) is 22.0. The van der Waals surface area contributed by atoms with Gasteiger partial charge in [0, 0.05) is 39.4 Å². The largest absolute Gasteiger partial charge is 0.507 e. The Labute approximate surface area is 482 Å². The average Bonchev–Trinajstić information content (AvgIpc) is 0.941. The molecule has 0 aromatic heterocycles. The highest BCUT2D eigenvalue weighted by Gasteiger charge is 2.38. The summed E-state index contributed by atoms with van der Waals surface area (Å²) in [4.78, 5) is 27.9. The van der Waals surface area contributed by atoms with E-state index < -0.39 is 105 Å². The number of halogens is 12. The zero-order chi connectivity index (χ0) is 62.5. The highest BCUT2D eigenvalue weighted by Crippen LogP contribution is 2.47. The fourth-order valence-electron chi connectivity index (χ4n) is 11.0. The molecule has 0 spiro atoms. The molecule has 0 bridgehead atoms. The zero-order valence-corrected chi connectivity index (χ0v) is 48.0. The third-order valence-corrected chi connectivity index (χ3v) is 15.5. The van der Waals surface area contributed by atoms with Crippen LogP contribution in [0.1, 0.15) is 70.8 Å². The molecular weight excluding hydrogens is 1130 g/mol. The van der Waals surface area contributed by atoms with Gasteiger partial charge in [0.15, 0.2) is 24.7 Å². The van der Waals surface area contributed by atoms with Gasteiger partial charge in [-0.05, 0) is 90.1 Å². The number of phenolic OH excluding ortho intramolecular Hbond substituents is 1. The first kappa shape index (κ1) is 68.4. The molecule has 0 saturated carbocycles. The van der Waals surface area contributed by atoms with Crippen molar-refractivity contribution in [3.05, 3.63) is 123 Å². The first-order valence-electron chi connectivity index (χ1n) is 27.4. The third-order valence-electron chi connectivity index (χ3n) is 15.5. The molecule has 0 aliphatic heterocycles. The van der Waals surface area contributed by atoms with Crippen LogP contribution in [0, 0.1) is 20.8 Å². The number of alkyl halides is 12. The summed E-state index contributed by atoms with van der Waals surface area (Å²) in [6, 6.07) is 13.3. The van der Waals surface area contributed by atoms with Crippen molar-refractivity contribution in [2.24, 2.45) is 0 Å². The summed E-state index contributed by atoms with van der Waals surface area (Å²) >= 11 is 0. The maximum absolute atomic E-state index is 14.0. The van der Waals surface area contributed by atoms with Gasteiger partial charge in [0.1, 0.15) is 84.8 Å². The maximum Gasteiger partial charge on any atom is 0.289 e. The van der Waals surface area contributed by atoms with Crippen LogP contribution in [0.3, 0.4) is 0 Å². The molecular formula is C59H78F12N8O5+4. The molecule has 4 aromatic carbocycles. The van der Waals surface area contributed by atoms with Crippen LogP contribution < -0.4 is 21.3 Å². The molecule has 2 aliphatic rings. The Morgan fingerprint density at radius 1 is 0.405 bits per heavy atom. The second kappa shape index (κ2) is 29.6. The average molecular weight is 1210 g/mol. The van der Waals surface area contributed by atoms with Crippen molar-refractivity contribution in [2.45, 2.75) is 46.5 Å². The fraction of sp³-hybridized carbons (Fsp3) is 0.492. The number of hydrogen-bond acceptors (Lipinski definition) is 9. The number of quaternary nitrogens is 4. The van der Waals surface area contributed by atoms with Crippen LogP contribution in [0.5, 0.6) is 5.75 Å². The molecule has 0 fully saturated rings. The number of anilines is 4. The number of hydroxylamine groups is 6. The van der Waals surface area contributed by atoms with Gasteiger partial charge in [0.05, 0.1) is 70.1 Å². The van der Waals surface area contributed by atoms with E-state index in [1.165, 1.54) is 25.2 Å². The minimum atomic E-state index is -3.05. The number of nitrogens with one attached hydrogen (secondary N) is 4. The van der Waals surface area contributed by atoms with E-state index in [2.05, 4.69) is 34.4 Å². The van der Waals surface area contributed by atoms with Gasteiger partial charge >= 0.3 is 0 Å². The lowest BCUT2D eigenvalue weighted by Crippen LogP contribution is -2.53. The molecule has 0 saturated heterocycles. The first-order chi connectivity index (χ1) is 39.5. The smallest absolute Gasteiger partial charge is 0.289 e. The van der Waals surface area contributed by atoms with E-state index in [1.807, 2.05) is 39.1 Å². The number of benzene rings is 4. The Hall–Kier alpha value is -6.38. The summed E-state index contributed by atoms with van der Waals surface area (Å²) in [6.45, 7) is 7.29. The Bertz CT molecular complexity index is 2740. The first-order valence-corrected chi connectivity index (χ1v) is 27.4. The van der Waals surface area contributed by atoms with E-state index >= 15 is 0 Å². The number of rotatable bonds is 32. The van der Waals surface area contributed by atoms with E-state index in [-0.39, 0.29) is 109 Å². The molecule has 464 valence electrons. The monoisotopic (exact) mass is 1210 g/mol. The van der Waals surface area contributed by atoms with E-state index in [0.717, 1.165) is 16.7 Å². The van der Waals surface area contributed by atoms with Crippen LogP contribution in [-0.4, -0.2) is 217 Å². The number of carbonyl (C=O) groups excluding carboxylic acids is 2. The lowest BCUT2D eigenvalue weighted by Gasteiger charge is -2.34. The van der Waals surface area contributed by atoms with Crippen molar-refractivity contribution in [1.82, 2.24) is 0 Å². The van der Waals surface area contributed by atoms with Crippen molar-refractivity contribution < 1.29 is 96.1 Å². The fourth-order valence-corrected chi connectivity index (χ4v) is 11.0. The number of phenols is 1. The molecule has 0 heterocycles. The summed E-state index contributed by atoms with van der Waals surface area (Å²) in [5, 5.41) is 44.0. The van der Waals surface area contributed by atoms with Crippen LogP contribution in [-0.2, 0) is 0 Å². The lowest BCUT2D eigenvalue weighted by atomic mass is 9.77. The van der Waals surface area contributed by atoms with Crippen LogP contribution in [0.4, 0.5) is 75.4 Å². The topological polar surface area (TPSA) is 143 Å². The summed E-state index contributed by atoms with van der Waals surface area (Å²) in [6.07, 6.45) is -11.8. The Morgan fingerprint density at radius 2 is 0.726 bits per heavy atom. The number of nitrogens with zero attached hydrogens (tertiary/aromatic N) is 4. The maximum atomic E-state index is 14.0. The third kappa shape index (κ3) is 16.9. The molecule has 84 heavy (non-hydrogen) atoms. The predicted molar refractivity (Wildman–Crippen MR) is 302 cm³/mol. The Kier molecular flexibility index (Phi) is 24.1. The quantitative estimate of drug-likeness (QED) is 0.0125. The van der Waals surface area contributed by atoms with Crippen molar-refractivity contribution >= 4 is 45.5 Å². The van der Waals surface area contributed by atoms with Gasteiger partial charge in [-0.15, -0.1) is 0 Å². The Balaban J connectivity index is 0.000000309. The van der Waals surface area contributed by atoms with Crippen LogP contribution in [0.25, 0.3) is 11.1 Å². The molecule has 0 atom stereocenters. The molecule has 13 nitrogen and oxygen atoms in total. The standard InChI is InChI=1S/C30H41F4N4O2.C29H34F8N4O3/c1-21-5-6-22(2)27-26(21)23(3)28-24(36-14-20-38(40,17-11-33)18-12-34)7-8-25(29(28)30(27)39)35-13-19-37(4,15-9-31)16-10-32;1-16-4-7-20(42)28-25(16)17(2)26-18(39-9-11-41(44,14-23(34)35)15-24(36)37)5-6-19(27(26)29(28)43)38-8-10-40(3,12-21(30)31)13-22(32)33/h5-8,36,40H,3,9-20H2,1-2,4H3;4-7,21-24,39,44H,2,8-15H2,1,3H3/q+1;/p+3. The van der Waals surface area contributed by atoms with Crippen LogP contribution in [0.2, 0.25) is 0 Å². The number of aromatic hydroxyl groups is 1. The summed E-state index contributed by atoms with van der Waals surface area (Å²) in [7, 11) is 3.08. The molecule has 7 N–H and O–H groups in total.